The maximum absolute atomic E-state index is 12.4. The van der Waals surface area contributed by atoms with Crippen LogP contribution < -0.4 is 5.73 Å². The van der Waals surface area contributed by atoms with Crippen LogP contribution in [0, 0.1) is 0 Å². The van der Waals surface area contributed by atoms with Gasteiger partial charge in [0.05, 0.1) is 5.56 Å². The van der Waals surface area contributed by atoms with Gasteiger partial charge in [0.2, 0.25) is 0 Å². The number of ether oxygens (including phenoxy) is 1. The Labute approximate surface area is 111 Å². The van der Waals surface area contributed by atoms with E-state index in [1.807, 2.05) is 6.92 Å². The third-order valence-electron chi connectivity index (χ3n) is 2.76. The number of hydrogen-bond acceptors (Lipinski definition) is 2. The molecule has 19 heavy (non-hydrogen) atoms. The van der Waals surface area contributed by atoms with Gasteiger partial charge in [-0.3, -0.25) is 0 Å². The predicted molar refractivity (Wildman–Crippen MR) is 68.9 cm³/mol. The molecule has 0 heterocycles. The quantitative estimate of drug-likeness (QED) is 0.774. The Kier molecular flexibility index (Phi) is 6.31. The smallest absolute Gasteiger partial charge is 0.381 e. The second kappa shape index (κ2) is 7.50. The summed E-state index contributed by atoms with van der Waals surface area (Å²) in [6, 6.07) is 5.06. The van der Waals surface area contributed by atoms with Gasteiger partial charge in [0.1, 0.15) is 0 Å². The lowest BCUT2D eigenvalue weighted by Gasteiger charge is -2.13. The second-order valence-corrected chi connectivity index (χ2v) is 4.56. The van der Waals surface area contributed by atoms with E-state index in [1.54, 1.807) is 0 Å². The van der Waals surface area contributed by atoms with Crippen LogP contribution in [-0.4, -0.2) is 19.3 Å². The van der Waals surface area contributed by atoms with E-state index in [4.69, 9.17) is 10.5 Å². The number of nitrogens with two attached hydrogens (primary N) is 1. The number of hydrogen-bond donors (Lipinski definition) is 1. The maximum Gasteiger partial charge on any atom is 0.416 e. The highest BCUT2D eigenvalue weighted by atomic mass is 19.4. The summed E-state index contributed by atoms with van der Waals surface area (Å²) in [7, 11) is 0. The van der Waals surface area contributed by atoms with Crippen LogP contribution in [0.3, 0.4) is 0 Å². The topological polar surface area (TPSA) is 35.2 Å². The van der Waals surface area contributed by atoms with Crippen LogP contribution in [0.15, 0.2) is 24.3 Å². The highest BCUT2D eigenvalue weighted by Gasteiger charge is 2.29. The molecule has 1 aromatic carbocycles. The summed E-state index contributed by atoms with van der Waals surface area (Å²) in [6.07, 6.45) is -2.04. The molecule has 1 aromatic rings. The van der Waals surface area contributed by atoms with Gasteiger partial charge in [0.15, 0.2) is 0 Å². The molecule has 1 rings (SSSR count). The third kappa shape index (κ3) is 6.07. The molecule has 108 valence electrons. The van der Waals surface area contributed by atoms with Crippen molar-refractivity contribution in [3.63, 3.8) is 0 Å². The van der Waals surface area contributed by atoms with E-state index in [-0.39, 0.29) is 6.04 Å². The monoisotopic (exact) mass is 275 g/mol. The zero-order valence-corrected chi connectivity index (χ0v) is 11.0. The molecular weight excluding hydrogens is 255 g/mol. The lowest BCUT2D eigenvalue weighted by atomic mass is 10.0. The van der Waals surface area contributed by atoms with Crippen LogP contribution in [0.5, 0.6) is 0 Å². The van der Waals surface area contributed by atoms with Gasteiger partial charge in [0.25, 0.3) is 0 Å². The molecule has 2 N–H and O–H groups in total. The summed E-state index contributed by atoms with van der Waals surface area (Å²) in [5.41, 5.74) is 6.10. The Morgan fingerprint density at radius 2 is 1.79 bits per heavy atom. The molecule has 0 aliphatic heterocycles. The first-order chi connectivity index (χ1) is 8.93. The van der Waals surface area contributed by atoms with E-state index < -0.39 is 11.7 Å². The van der Waals surface area contributed by atoms with Crippen LogP contribution in [0.25, 0.3) is 0 Å². The number of halogens is 3. The Morgan fingerprint density at radius 3 is 2.32 bits per heavy atom. The molecule has 0 fully saturated rings. The molecule has 5 heteroatoms. The Bertz CT molecular complexity index is 362. The van der Waals surface area contributed by atoms with Crippen molar-refractivity contribution >= 4 is 0 Å². The van der Waals surface area contributed by atoms with Gasteiger partial charge < -0.3 is 10.5 Å². The van der Waals surface area contributed by atoms with Gasteiger partial charge in [0, 0.05) is 19.3 Å². The van der Waals surface area contributed by atoms with Crippen LogP contribution in [0.4, 0.5) is 13.2 Å². The minimum Gasteiger partial charge on any atom is -0.381 e. The molecule has 0 radical (unpaired) electrons. The average molecular weight is 275 g/mol. The number of rotatable bonds is 7. The summed E-state index contributed by atoms with van der Waals surface area (Å²) < 4.78 is 42.5. The molecule has 0 aliphatic rings. The first-order valence-electron chi connectivity index (χ1n) is 6.43. The number of alkyl halides is 3. The Morgan fingerprint density at radius 1 is 1.16 bits per heavy atom. The molecule has 0 aliphatic carbocycles. The lowest BCUT2D eigenvalue weighted by molar-refractivity contribution is -0.137. The summed E-state index contributed by atoms with van der Waals surface area (Å²) >= 11 is 0. The van der Waals surface area contributed by atoms with Gasteiger partial charge in [-0.25, -0.2) is 0 Å². The summed E-state index contributed by atoms with van der Waals surface area (Å²) in [5.74, 6) is 0. The lowest BCUT2D eigenvalue weighted by Crippen LogP contribution is -2.24. The zero-order valence-electron chi connectivity index (χ0n) is 11.0. The highest BCUT2D eigenvalue weighted by Crippen LogP contribution is 2.29. The third-order valence-corrected chi connectivity index (χ3v) is 2.76. The largest absolute Gasteiger partial charge is 0.416 e. The average Bonchev–Trinajstić information content (AvgIpc) is 2.34. The number of benzene rings is 1. The molecule has 0 spiro atoms. The van der Waals surface area contributed by atoms with E-state index in [0.29, 0.717) is 26.1 Å². The summed E-state index contributed by atoms with van der Waals surface area (Å²) in [6.45, 7) is 3.34. The van der Waals surface area contributed by atoms with Crippen molar-refractivity contribution in [1.29, 1.82) is 0 Å². The van der Waals surface area contributed by atoms with Crippen molar-refractivity contribution in [2.75, 3.05) is 13.2 Å². The first-order valence-corrected chi connectivity index (χ1v) is 6.43. The fourth-order valence-corrected chi connectivity index (χ4v) is 1.72. The standard InChI is InChI=1S/C14H20F3NO/c1-2-8-19-9-7-13(18)10-11-3-5-12(6-4-11)14(15,16)17/h3-6,13H,2,7-10,18H2,1H3. The fourth-order valence-electron chi connectivity index (χ4n) is 1.72. The molecule has 0 amide bonds. The maximum atomic E-state index is 12.4. The molecule has 0 saturated heterocycles. The Hall–Kier alpha value is -1.07. The van der Waals surface area contributed by atoms with Crippen molar-refractivity contribution in [2.45, 2.75) is 38.4 Å². The first kappa shape index (κ1) is 16.0. The van der Waals surface area contributed by atoms with E-state index in [2.05, 4.69) is 0 Å². The van der Waals surface area contributed by atoms with Gasteiger partial charge in [-0.15, -0.1) is 0 Å². The van der Waals surface area contributed by atoms with Gasteiger partial charge in [-0.05, 0) is 37.0 Å². The van der Waals surface area contributed by atoms with Crippen LogP contribution >= 0.6 is 0 Å². The van der Waals surface area contributed by atoms with Crippen molar-refractivity contribution in [2.24, 2.45) is 5.73 Å². The molecule has 0 aromatic heterocycles. The Balaban J connectivity index is 2.40. The summed E-state index contributed by atoms with van der Waals surface area (Å²) in [5, 5.41) is 0. The molecule has 1 unspecified atom stereocenters. The molecular formula is C14H20F3NO. The van der Waals surface area contributed by atoms with E-state index in [9.17, 15) is 13.2 Å². The SMILES string of the molecule is CCCOCCC(N)Cc1ccc(C(F)(F)F)cc1. The van der Waals surface area contributed by atoms with Crippen LogP contribution in [0.2, 0.25) is 0 Å². The minimum absolute atomic E-state index is 0.0893. The van der Waals surface area contributed by atoms with Crippen molar-refractivity contribution < 1.29 is 17.9 Å². The van der Waals surface area contributed by atoms with Gasteiger partial charge in [-0.2, -0.15) is 13.2 Å². The van der Waals surface area contributed by atoms with Crippen molar-refractivity contribution in [3.8, 4) is 0 Å². The summed E-state index contributed by atoms with van der Waals surface area (Å²) in [4.78, 5) is 0. The normalized spacial score (nSPS) is 13.5. The van der Waals surface area contributed by atoms with Crippen molar-refractivity contribution in [1.82, 2.24) is 0 Å². The van der Waals surface area contributed by atoms with Gasteiger partial charge >= 0.3 is 6.18 Å². The molecule has 0 bridgehead atoms. The molecule has 0 saturated carbocycles. The zero-order chi connectivity index (χ0) is 14.3. The second-order valence-electron chi connectivity index (χ2n) is 4.56. The fraction of sp³-hybridized carbons (Fsp3) is 0.571. The van der Waals surface area contributed by atoms with E-state index in [0.717, 1.165) is 24.1 Å². The highest BCUT2D eigenvalue weighted by molar-refractivity contribution is 5.25. The van der Waals surface area contributed by atoms with Crippen molar-refractivity contribution in [3.05, 3.63) is 35.4 Å². The van der Waals surface area contributed by atoms with E-state index in [1.165, 1.54) is 12.1 Å². The molecule has 2 nitrogen and oxygen atoms in total. The van der Waals surface area contributed by atoms with Crippen LogP contribution in [0.1, 0.15) is 30.9 Å². The van der Waals surface area contributed by atoms with Gasteiger partial charge in [-0.1, -0.05) is 19.1 Å². The van der Waals surface area contributed by atoms with Crippen LogP contribution in [-0.2, 0) is 17.3 Å². The van der Waals surface area contributed by atoms with E-state index >= 15 is 0 Å². The predicted octanol–water partition coefficient (Wildman–Crippen LogP) is 3.39. The minimum atomic E-state index is -4.28. The molecule has 1 atom stereocenters.